The number of benzene rings is 1. The highest BCUT2D eigenvalue weighted by Gasteiger charge is 2.20. The molecule has 1 saturated carbocycles. The number of nitrogens with one attached hydrogen (secondary N) is 1. The first-order valence-electron chi connectivity index (χ1n) is 11.3. The van der Waals surface area contributed by atoms with Gasteiger partial charge in [-0.15, -0.1) is 0 Å². The number of halogens is 2. The lowest BCUT2D eigenvalue weighted by atomic mass is 9.81. The molecule has 182 valence electrons. The molecule has 0 amide bonds. The Hall–Kier alpha value is -1.86. The number of aldehydes is 1. The molecule has 1 heterocycles. The van der Waals surface area contributed by atoms with E-state index in [1.807, 2.05) is 14.0 Å². The van der Waals surface area contributed by atoms with Crippen LogP contribution in [0.2, 0.25) is 10.0 Å². The SMILES string of the molecule is CNCC1CCC(CCO)CC1.COc1ccc(Cl)cc1C(C)Oc1ncc(C=O)cc1Cl. The number of aromatic nitrogens is 1. The second-order valence-electron chi connectivity index (χ2n) is 8.28. The third-order valence-electron chi connectivity index (χ3n) is 5.88. The third kappa shape index (κ3) is 8.78. The molecule has 1 aromatic carbocycles. The number of ether oxygens (including phenoxy) is 2. The number of nitrogens with zero attached hydrogens (tertiary/aromatic N) is 1. The van der Waals surface area contributed by atoms with E-state index in [1.54, 1.807) is 25.3 Å². The van der Waals surface area contributed by atoms with E-state index in [0.29, 0.717) is 29.2 Å². The number of hydrogen-bond donors (Lipinski definition) is 2. The Kier molecular flexibility index (Phi) is 12.0. The summed E-state index contributed by atoms with van der Waals surface area (Å²) in [6.45, 7) is 3.38. The lowest BCUT2D eigenvalue weighted by Crippen LogP contribution is -2.24. The highest BCUT2D eigenvalue weighted by Crippen LogP contribution is 2.33. The van der Waals surface area contributed by atoms with Gasteiger partial charge in [0.1, 0.15) is 16.9 Å². The predicted molar refractivity (Wildman–Crippen MR) is 133 cm³/mol. The van der Waals surface area contributed by atoms with Crippen LogP contribution in [0, 0.1) is 11.8 Å². The molecular formula is C25H34Cl2N2O4. The fourth-order valence-electron chi connectivity index (χ4n) is 4.04. The first-order valence-corrected chi connectivity index (χ1v) is 12.0. The molecule has 2 aromatic rings. The van der Waals surface area contributed by atoms with E-state index < -0.39 is 0 Å². The summed E-state index contributed by atoms with van der Waals surface area (Å²) in [5.41, 5.74) is 1.17. The monoisotopic (exact) mass is 496 g/mol. The molecule has 6 nitrogen and oxygen atoms in total. The van der Waals surface area contributed by atoms with Crippen LogP contribution in [0.3, 0.4) is 0 Å². The van der Waals surface area contributed by atoms with Gasteiger partial charge in [0.2, 0.25) is 5.88 Å². The summed E-state index contributed by atoms with van der Waals surface area (Å²) in [6.07, 6.45) is 8.08. The summed E-state index contributed by atoms with van der Waals surface area (Å²) in [7, 11) is 3.60. The highest BCUT2D eigenvalue weighted by molar-refractivity contribution is 6.32. The van der Waals surface area contributed by atoms with Crippen LogP contribution < -0.4 is 14.8 Å². The van der Waals surface area contributed by atoms with Gasteiger partial charge in [0.15, 0.2) is 6.29 Å². The van der Waals surface area contributed by atoms with Crippen molar-refractivity contribution in [3.63, 3.8) is 0 Å². The van der Waals surface area contributed by atoms with Crippen molar-refractivity contribution < 1.29 is 19.4 Å². The Morgan fingerprint density at radius 1 is 1.21 bits per heavy atom. The second kappa shape index (κ2) is 14.4. The van der Waals surface area contributed by atoms with Crippen LogP contribution in [-0.2, 0) is 0 Å². The van der Waals surface area contributed by atoms with E-state index in [4.69, 9.17) is 37.8 Å². The van der Waals surface area contributed by atoms with E-state index in [1.165, 1.54) is 44.5 Å². The molecule has 2 N–H and O–H groups in total. The van der Waals surface area contributed by atoms with Crippen LogP contribution in [0.5, 0.6) is 11.6 Å². The minimum atomic E-state index is -0.370. The number of methoxy groups -OCH3 is 1. The van der Waals surface area contributed by atoms with Crippen molar-refractivity contribution in [3.05, 3.63) is 51.6 Å². The fourth-order valence-corrected chi connectivity index (χ4v) is 4.44. The van der Waals surface area contributed by atoms with Crippen LogP contribution in [0.15, 0.2) is 30.5 Å². The van der Waals surface area contributed by atoms with Gasteiger partial charge in [0.05, 0.1) is 7.11 Å². The number of aliphatic hydroxyl groups is 1. The van der Waals surface area contributed by atoms with Crippen molar-refractivity contribution >= 4 is 29.5 Å². The van der Waals surface area contributed by atoms with Crippen molar-refractivity contribution in [1.82, 2.24) is 10.3 Å². The summed E-state index contributed by atoms with van der Waals surface area (Å²) >= 11 is 12.0. The van der Waals surface area contributed by atoms with Gasteiger partial charge in [0.25, 0.3) is 0 Å². The maximum atomic E-state index is 10.7. The molecular weight excluding hydrogens is 463 g/mol. The topological polar surface area (TPSA) is 80.7 Å². The summed E-state index contributed by atoms with van der Waals surface area (Å²) in [5.74, 6) is 2.61. The number of carbonyl (C=O) groups excluding carboxylic acids is 1. The second-order valence-corrected chi connectivity index (χ2v) is 9.12. The van der Waals surface area contributed by atoms with Crippen molar-refractivity contribution in [1.29, 1.82) is 0 Å². The lowest BCUT2D eigenvalue weighted by molar-refractivity contribution is 0.112. The molecule has 0 aliphatic heterocycles. The van der Waals surface area contributed by atoms with Crippen molar-refractivity contribution in [2.24, 2.45) is 11.8 Å². The molecule has 0 radical (unpaired) electrons. The summed E-state index contributed by atoms with van der Waals surface area (Å²) in [6, 6.07) is 6.76. The maximum absolute atomic E-state index is 10.7. The van der Waals surface area contributed by atoms with E-state index in [9.17, 15) is 4.79 Å². The van der Waals surface area contributed by atoms with Gasteiger partial charge in [-0.3, -0.25) is 4.79 Å². The molecule has 1 atom stereocenters. The highest BCUT2D eigenvalue weighted by atomic mass is 35.5. The molecule has 33 heavy (non-hydrogen) atoms. The van der Waals surface area contributed by atoms with Crippen LogP contribution >= 0.6 is 23.2 Å². The van der Waals surface area contributed by atoms with E-state index >= 15 is 0 Å². The summed E-state index contributed by atoms with van der Waals surface area (Å²) in [5, 5.41) is 12.9. The molecule has 1 aliphatic carbocycles. The Labute approximate surface area is 206 Å². The Balaban J connectivity index is 0.000000273. The molecule has 1 unspecified atom stereocenters. The third-order valence-corrected chi connectivity index (χ3v) is 6.39. The Morgan fingerprint density at radius 2 is 1.91 bits per heavy atom. The summed E-state index contributed by atoms with van der Waals surface area (Å²) < 4.78 is 11.0. The maximum Gasteiger partial charge on any atom is 0.233 e. The zero-order chi connectivity index (χ0) is 24.2. The van der Waals surface area contributed by atoms with Gasteiger partial charge >= 0.3 is 0 Å². The first kappa shape index (κ1) is 27.4. The number of rotatable bonds is 9. The smallest absolute Gasteiger partial charge is 0.233 e. The standard InChI is InChI=1S/C15H13Cl2NO3.C10H21NO/c1-9(12-6-11(16)3-4-14(12)20-2)21-15-13(17)5-10(8-19)7-18-15;1-11-8-10-4-2-9(3-5-10)6-7-12/h3-9H,1-2H3;9-12H,2-8H2,1H3. The number of pyridine rings is 1. The Morgan fingerprint density at radius 3 is 2.48 bits per heavy atom. The van der Waals surface area contributed by atoms with E-state index in [2.05, 4.69) is 10.3 Å². The molecule has 0 saturated heterocycles. The zero-order valence-electron chi connectivity index (χ0n) is 19.5. The van der Waals surface area contributed by atoms with Gasteiger partial charge in [-0.1, -0.05) is 36.0 Å². The van der Waals surface area contributed by atoms with Gasteiger partial charge in [-0.25, -0.2) is 4.98 Å². The zero-order valence-corrected chi connectivity index (χ0v) is 21.0. The van der Waals surface area contributed by atoms with Gasteiger partial charge in [-0.2, -0.15) is 0 Å². The van der Waals surface area contributed by atoms with Crippen LogP contribution in [-0.4, -0.2) is 43.7 Å². The minimum Gasteiger partial charge on any atom is -0.496 e. The normalized spacial score (nSPS) is 18.6. The van der Waals surface area contributed by atoms with Crippen molar-refractivity contribution in [2.45, 2.75) is 45.1 Å². The quantitative estimate of drug-likeness (QED) is 0.430. The van der Waals surface area contributed by atoms with E-state index in [-0.39, 0.29) is 17.0 Å². The van der Waals surface area contributed by atoms with Gasteiger partial charge in [0, 0.05) is 29.0 Å². The molecule has 3 rings (SSSR count). The number of carbonyl (C=O) groups is 1. The van der Waals surface area contributed by atoms with Gasteiger partial charge < -0.3 is 19.9 Å². The Bertz CT molecular complexity index is 859. The first-order chi connectivity index (χ1) is 15.9. The minimum absolute atomic E-state index is 0.247. The van der Waals surface area contributed by atoms with Crippen LogP contribution in [0.1, 0.15) is 61.1 Å². The molecule has 1 aliphatic rings. The van der Waals surface area contributed by atoms with Gasteiger partial charge in [-0.05, 0) is 75.9 Å². The molecule has 0 spiro atoms. The largest absolute Gasteiger partial charge is 0.496 e. The van der Waals surface area contributed by atoms with Crippen molar-refractivity contribution in [2.75, 3.05) is 27.3 Å². The van der Waals surface area contributed by atoms with Crippen LogP contribution in [0.4, 0.5) is 0 Å². The molecule has 1 aromatic heterocycles. The average molecular weight is 497 g/mol. The van der Waals surface area contributed by atoms with E-state index in [0.717, 1.165) is 23.8 Å². The lowest BCUT2D eigenvalue weighted by Gasteiger charge is -2.27. The molecule has 0 bridgehead atoms. The summed E-state index contributed by atoms with van der Waals surface area (Å²) in [4.78, 5) is 14.7. The van der Waals surface area contributed by atoms with Crippen molar-refractivity contribution in [3.8, 4) is 11.6 Å². The molecule has 8 heteroatoms. The number of aliphatic hydroxyl groups excluding tert-OH is 1. The molecule has 1 fully saturated rings. The predicted octanol–water partition coefficient (Wildman–Crippen LogP) is 5.74. The fraction of sp³-hybridized carbons (Fsp3) is 0.520. The average Bonchev–Trinajstić information content (AvgIpc) is 2.82. The number of hydrogen-bond acceptors (Lipinski definition) is 6. The van der Waals surface area contributed by atoms with Crippen LogP contribution in [0.25, 0.3) is 0 Å².